The largest absolute Gasteiger partial charge is 0.490 e. The van der Waals surface area contributed by atoms with E-state index in [9.17, 15) is 0 Å². The number of rotatable bonds is 3. The van der Waals surface area contributed by atoms with Gasteiger partial charge in [-0.05, 0) is 26.2 Å². The molecular formula is C13H18ClNO2. The third-order valence-electron chi connectivity index (χ3n) is 3.23. The van der Waals surface area contributed by atoms with Crippen LogP contribution in [0, 0.1) is 6.92 Å². The summed E-state index contributed by atoms with van der Waals surface area (Å²) in [6.45, 7) is 1.98. The first kappa shape index (κ1) is 12.7. The fourth-order valence-electron chi connectivity index (χ4n) is 2.21. The molecule has 1 heterocycles. The van der Waals surface area contributed by atoms with Gasteiger partial charge >= 0.3 is 0 Å². The second kappa shape index (κ2) is 5.69. The van der Waals surface area contributed by atoms with Crippen molar-refractivity contribution in [2.75, 3.05) is 7.11 Å². The van der Waals surface area contributed by atoms with Crippen LogP contribution in [-0.2, 0) is 4.74 Å². The zero-order chi connectivity index (χ0) is 12.3. The summed E-state index contributed by atoms with van der Waals surface area (Å²) in [6, 6.07) is 1.79. The maximum Gasteiger partial charge on any atom is 0.132 e. The van der Waals surface area contributed by atoms with E-state index in [0.29, 0.717) is 11.3 Å². The number of hydrogen-bond acceptors (Lipinski definition) is 3. The lowest BCUT2D eigenvalue weighted by molar-refractivity contribution is 0.0207. The average molecular weight is 256 g/mol. The van der Waals surface area contributed by atoms with Crippen molar-refractivity contribution in [2.24, 2.45) is 0 Å². The Labute approximate surface area is 107 Å². The smallest absolute Gasteiger partial charge is 0.132 e. The van der Waals surface area contributed by atoms with Crippen molar-refractivity contribution in [3.63, 3.8) is 0 Å². The van der Waals surface area contributed by atoms with Crippen LogP contribution in [0.5, 0.6) is 5.75 Å². The third-order valence-corrected chi connectivity index (χ3v) is 3.43. The van der Waals surface area contributed by atoms with Gasteiger partial charge in [-0.15, -0.1) is 0 Å². The minimum atomic E-state index is 0.228. The third kappa shape index (κ3) is 3.33. The molecule has 4 heteroatoms. The molecule has 2 rings (SSSR count). The number of methoxy groups -OCH3 is 1. The number of aryl methyl sites for hydroxylation is 1. The van der Waals surface area contributed by atoms with Crippen molar-refractivity contribution in [2.45, 2.75) is 44.8 Å². The zero-order valence-corrected chi connectivity index (χ0v) is 11.0. The van der Waals surface area contributed by atoms with Crippen LogP contribution in [0.4, 0.5) is 0 Å². The molecule has 1 aliphatic carbocycles. The fraction of sp³-hybridized carbons (Fsp3) is 0.615. The molecule has 2 unspecified atom stereocenters. The van der Waals surface area contributed by atoms with Crippen LogP contribution in [0.15, 0.2) is 12.3 Å². The number of pyridine rings is 1. The highest BCUT2D eigenvalue weighted by molar-refractivity contribution is 6.29. The number of hydrogen-bond donors (Lipinski definition) is 0. The Balaban J connectivity index is 2.02. The van der Waals surface area contributed by atoms with Gasteiger partial charge in [0.25, 0.3) is 0 Å². The van der Waals surface area contributed by atoms with E-state index >= 15 is 0 Å². The molecule has 94 valence electrons. The zero-order valence-electron chi connectivity index (χ0n) is 10.3. The molecule has 0 spiro atoms. The van der Waals surface area contributed by atoms with Crippen LogP contribution in [0.1, 0.15) is 31.2 Å². The van der Waals surface area contributed by atoms with Gasteiger partial charge in [0.15, 0.2) is 0 Å². The molecule has 0 amide bonds. The van der Waals surface area contributed by atoms with Crippen molar-refractivity contribution >= 4 is 11.6 Å². The molecule has 0 radical (unpaired) electrons. The first-order valence-corrected chi connectivity index (χ1v) is 6.38. The summed E-state index contributed by atoms with van der Waals surface area (Å²) in [5.74, 6) is 0.840. The van der Waals surface area contributed by atoms with Gasteiger partial charge in [-0.25, -0.2) is 4.98 Å². The molecule has 1 saturated carbocycles. The lowest BCUT2D eigenvalue weighted by Gasteiger charge is -2.29. The molecule has 1 fully saturated rings. The second-order valence-electron chi connectivity index (χ2n) is 4.54. The summed E-state index contributed by atoms with van der Waals surface area (Å²) in [6.07, 6.45) is 6.62. The molecule has 0 aromatic carbocycles. The van der Waals surface area contributed by atoms with E-state index in [2.05, 4.69) is 4.98 Å². The van der Waals surface area contributed by atoms with E-state index in [0.717, 1.165) is 37.0 Å². The Morgan fingerprint density at radius 3 is 2.88 bits per heavy atom. The number of halogens is 1. The molecule has 0 N–H and O–H groups in total. The summed E-state index contributed by atoms with van der Waals surface area (Å²) in [5, 5.41) is 0.477. The first-order chi connectivity index (χ1) is 8.19. The molecule has 0 aliphatic heterocycles. The van der Waals surface area contributed by atoms with Gasteiger partial charge in [-0.2, -0.15) is 0 Å². The monoisotopic (exact) mass is 255 g/mol. The molecule has 1 aromatic heterocycles. The topological polar surface area (TPSA) is 31.4 Å². The van der Waals surface area contributed by atoms with Crippen LogP contribution in [0.3, 0.4) is 0 Å². The number of nitrogens with zero attached hydrogens (tertiary/aromatic N) is 1. The first-order valence-electron chi connectivity index (χ1n) is 6.00. The van der Waals surface area contributed by atoms with E-state index in [-0.39, 0.29) is 6.10 Å². The minimum Gasteiger partial charge on any atom is -0.490 e. The summed E-state index contributed by atoms with van der Waals surface area (Å²) in [5.41, 5.74) is 1.02. The van der Waals surface area contributed by atoms with E-state index in [1.807, 2.05) is 6.92 Å². The Morgan fingerprint density at radius 1 is 1.35 bits per heavy atom. The minimum absolute atomic E-state index is 0.228. The van der Waals surface area contributed by atoms with Crippen LogP contribution >= 0.6 is 11.6 Å². The number of ether oxygens (including phenoxy) is 2. The van der Waals surface area contributed by atoms with Crippen molar-refractivity contribution in [1.29, 1.82) is 0 Å². The van der Waals surface area contributed by atoms with Gasteiger partial charge in [0.1, 0.15) is 17.0 Å². The van der Waals surface area contributed by atoms with Gasteiger partial charge in [0.05, 0.1) is 6.10 Å². The molecular weight excluding hydrogens is 238 g/mol. The highest BCUT2D eigenvalue weighted by atomic mass is 35.5. The van der Waals surface area contributed by atoms with Crippen molar-refractivity contribution in [3.05, 3.63) is 23.0 Å². The molecule has 1 aliphatic rings. The summed E-state index contributed by atoms with van der Waals surface area (Å²) < 4.78 is 11.4. The summed E-state index contributed by atoms with van der Waals surface area (Å²) in [7, 11) is 1.77. The Kier molecular flexibility index (Phi) is 4.24. The van der Waals surface area contributed by atoms with Crippen molar-refractivity contribution < 1.29 is 9.47 Å². The molecule has 0 saturated heterocycles. The van der Waals surface area contributed by atoms with Crippen LogP contribution in [-0.4, -0.2) is 24.3 Å². The predicted octanol–water partition coefficient (Wildman–Crippen LogP) is 3.38. The van der Waals surface area contributed by atoms with E-state index in [4.69, 9.17) is 21.1 Å². The maximum atomic E-state index is 5.99. The molecule has 1 aromatic rings. The maximum absolute atomic E-state index is 5.99. The van der Waals surface area contributed by atoms with Gasteiger partial charge in [0.2, 0.25) is 0 Å². The summed E-state index contributed by atoms with van der Waals surface area (Å²) >= 11 is 5.87. The SMILES string of the molecule is COC1CCCC(Oc2cc(Cl)ncc2C)C1. The standard InChI is InChI=1S/C13H18ClNO2/c1-9-8-15-13(14)7-12(9)17-11-5-3-4-10(6-11)16-2/h7-8,10-11H,3-6H2,1-2H3. The van der Waals surface area contributed by atoms with Crippen molar-refractivity contribution in [1.82, 2.24) is 4.98 Å². The lowest BCUT2D eigenvalue weighted by atomic mass is 9.95. The van der Waals surface area contributed by atoms with Gasteiger partial charge < -0.3 is 9.47 Å². The van der Waals surface area contributed by atoms with Gasteiger partial charge in [-0.1, -0.05) is 11.6 Å². The van der Waals surface area contributed by atoms with E-state index in [1.54, 1.807) is 19.4 Å². The average Bonchev–Trinajstić information content (AvgIpc) is 2.34. The van der Waals surface area contributed by atoms with Crippen LogP contribution in [0.2, 0.25) is 5.15 Å². The molecule has 0 bridgehead atoms. The van der Waals surface area contributed by atoms with Gasteiger partial charge in [-0.3, -0.25) is 0 Å². The lowest BCUT2D eigenvalue weighted by Crippen LogP contribution is -2.29. The molecule has 17 heavy (non-hydrogen) atoms. The Hall–Kier alpha value is -0.800. The molecule has 2 atom stereocenters. The molecule has 3 nitrogen and oxygen atoms in total. The Bertz CT molecular complexity index is 384. The van der Waals surface area contributed by atoms with E-state index in [1.165, 1.54) is 0 Å². The number of aromatic nitrogens is 1. The normalized spacial score (nSPS) is 24.6. The van der Waals surface area contributed by atoms with Gasteiger partial charge in [0, 0.05) is 31.4 Å². The highest BCUT2D eigenvalue weighted by Gasteiger charge is 2.23. The van der Waals surface area contributed by atoms with Crippen LogP contribution < -0.4 is 4.74 Å². The highest BCUT2D eigenvalue weighted by Crippen LogP contribution is 2.28. The van der Waals surface area contributed by atoms with Crippen LogP contribution in [0.25, 0.3) is 0 Å². The quantitative estimate of drug-likeness (QED) is 0.776. The fourth-order valence-corrected chi connectivity index (χ4v) is 2.36. The van der Waals surface area contributed by atoms with Crippen molar-refractivity contribution in [3.8, 4) is 5.75 Å². The van der Waals surface area contributed by atoms with E-state index < -0.39 is 0 Å². The Morgan fingerprint density at radius 2 is 2.12 bits per heavy atom. The second-order valence-corrected chi connectivity index (χ2v) is 4.92. The predicted molar refractivity (Wildman–Crippen MR) is 67.7 cm³/mol. The summed E-state index contributed by atoms with van der Waals surface area (Å²) in [4.78, 5) is 4.02.